The summed E-state index contributed by atoms with van der Waals surface area (Å²) in [7, 11) is 1.64. The minimum Gasteiger partial charge on any atom is -0.497 e. The van der Waals surface area contributed by atoms with Crippen molar-refractivity contribution in [2.24, 2.45) is 5.92 Å². The van der Waals surface area contributed by atoms with E-state index in [1.165, 1.54) is 4.90 Å². The van der Waals surface area contributed by atoms with Gasteiger partial charge in [0.05, 0.1) is 38.2 Å². The number of carbonyl (C=O) groups excluding carboxylic acids is 2. The molecule has 8 nitrogen and oxygen atoms in total. The maximum absolute atomic E-state index is 13.6. The maximum Gasteiger partial charge on any atom is 0.416 e. The normalized spacial score (nSPS) is 14.5. The van der Waals surface area contributed by atoms with Crippen LogP contribution in [0.5, 0.6) is 5.75 Å². The zero-order valence-electron chi connectivity index (χ0n) is 24.0. The fraction of sp³-hybridized carbons (Fsp3) is 0.375. The number of hydrogen-bond donors (Lipinski definition) is 2. The smallest absolute Gasteiger partial charge is 0.416 e. The van der Waals surface area contributed by atoms with E-state index in [0.29, 0.717) is 18.9 Å². The van der Waals surface area contributed by atoms with Gasteiger partial charge < -0.3 is 25.3 Å². The van der Waals surface area contributed by atoms with Gasteiger partial charge in [-0.2, -0.15) is 0 Å². The number of benzene rings is 3. The first-order valence-corrected chi connectivity index (χ1v) is 13.7. The highest BCUT2D eigenvalue weighted by molar-refractivity contribution is 5.95. The van der Waals surface area contributed by atoms with Gasteiger partial charge in [0.15, 0.2) is 0 Å². The Bertz CT molecular complexity index is 1360. The molecular formula is C32H39N3O5. The molecule has 1 aliphatic rings. The number of anilines is 2. The average Bonchev–Trinajstić information content (AvgIpc) is 3.39. The highest BCUT2D eigenvalue weighted by Crippen LogP contribution is 2.39. The molecule has 0 radical (unpaired) electrons. The van der Waals surface area contributed by atoms with Crippen LogP contribution in [-0.4, -0.2) is 43.7 Å². The Kier molecular flexibility index (Phi) is 9.32. The molecule has 0 spiro atoms. The molecule has 2 amide bonds. The Labute approximate surface area is 236 Å². The van der Waals surface area contributed by atoms with Crippen molar-refractivity contribution < 1.29 is 23.8 Å². The molecule has 2 atom stereocenters. The van der Waals surface area contributed by atoms with Crippen LogP contribution in [-0.2, 0) is 27.5 Å². The molecule has 1 fully saturated rings. The van der Waals surface area contributed by atoms with Gasteiger partial charge in [-0.3, -0.25) is 4.79 Å². The predicted octanol–water partition coefficient (Wildman–Crippen LogP) is 5.79. The Morgan fingerprint density at radius 3 is 2.50 bits per heavy atom. The molecule has 0 bridgehead atoms. The fourth-order valence-corrected chi connectivity index (χ4v) is 5.19. The SMILES string of the molecule is CCNc1ccc(C(c2ccc(C)c(COCc3ccc(OC)cc3)c2)C(C)C(=O)N2CCOC2=O)c(C)c1N. The second-order valence-corrected chi connectivity index (χ2v) is 10.2. The predicted molar refractivity (Wildman–Crippen MR) is 156 cm³/mol. The van der Waals surface area contributed by atoms with Gasteiger partial charge in [0.25, 0.3) is 0 Å². The van der Waals surface area contributed by atoms with E-state index in [0.717, 1.165) is 51.4 Å². The number of nitrogens with two attached hydrogens (primary N) is 1. The van der Waals surface area contributed by atoms with Crippen LogP contribution < -0.4 is 15.8 Å². The number of carbonyl (C=O) groups is 2. The van der Waals surface area contributed by atoms with Gasteiger partial charge in [-0.15, -0.1) is 0 Å². The first-order chi connectivity index (χ1) is 19.2. The Balaban J connectivity index is 1.66. The zero-order valence-corrected chi connectivity index (χ0v) is 24.0. The van der Waals surface area contributed by atoms with Crippen molar-refractivity contribution in [3.05, 3.63) is 88.0 Å². The number of cyclic esters (lactones) is 1. The van der Waals surface area contributed by atoms with Crippen LogP contribution in [0, 0.1) is 19.8 Å². The minimum atomic E-state index is -0.592. The molecule has 1 heterocycles. The van der Waals surface area contributed by atoms with Gasteiger partial charge in [-0.1, -0.05) is 43.3 Å². The van der Waals surface area contributed by atoms with Crippen molar-refractivity contribution in [3.63, 3.8) is 0 Å². The Morgan fingerprint density at radius 1 is 1.10 bits per heavy atom. The van der Waals surface area contributed by atoms with E-state index in [1.807, 2.05) is 70.2 Å². The van der Waals surface area contributed by atoms with Crippen LogP contribution >= 0.6 is 0 Å². The number of nitrogens with zero attached hydrogens (tertiary/aromatic N) is 1. The summed E-state index contributed by atoms with van der Waals surface area (Å²) in [4.78, 5) is 27.0. The van der Waals surface area contributed by atoms with Gasteiger partial charge in [0.1, 0.15) is 12.4 Å². The molecule has 3 aromatic rings. The second kappa shape index (κ2) is 12.9. The summed E-state index contributed by atoms with van der Waals surface area (Å²) in [6, 6.07) is 18.0. The maximum atomic E-state index is 13.6. The van der Waals surface area contributed by atoms with Gasteiger partial charge >= 0.3 is 6.09 Å². The number of hydrogen-bond acceptors (Lipinski definition) is 7. The molecule has 0 saturated carbocycles. The number of ether oxygens (including phenoxy) is 3. The molecule has 4 rings (SSSR count). The van der Waals surface area contributed by atoms with E-state index in [1.54, 1.807) is 7.11 Å². The average molecular weight is 546 g/mol. The van der Waals surface area contributed by atoms with Crippen LogP contribution in [0.1, 0.15) is 53.1 Å². The lowest BCUT2D eigenvalue weighted by Gasteiger charge is -2.29. The first kappa shape index (κ1) is 29.0. The Morgan fingerprint density at radius 2 is 1.85 bits per heavy atom. The summed E-state index contributed by atoms with van der Waals surface area (Å²) in [5.41, 5.74) is 14.0. The number of amides is 2. The van der Waals surface area contributed by atoms with Crippen LogP contribution in [0.15, 0.2) is 54.6 Å². The van der Waals surface area contributed by atoms with Crippen molar-refractivity contribution in [1.29, 1.82) is 0 Å². The van der Waals surface area contributed by atoms with Crippen LogP contribution in [0.25, 0.3) is 0 Å². The summed E-state index contributed by atoms with van der Waals surface area (Å²) in [6.07, 6.45) is -0.592. The third-order valence-corrected chi connectivity index (χ3v) is 7.59. The van der Waals surface area contributed by atoms with E-state index >= 15 is 0 Å². The van der Waals surface area contributed by atoms with Crippen molar-refractivity contribution >= 4 is 23.4 Å². The molecule has 212 valence electrons. The highest BCUT2D eigenvalue weighted by atomic mass is 16.6. The molecule has 8 heteroatoms. The number of nitrogen functional groups attached to an aromatic ring is 1. The van der Waals surface area contributed by atoms with Crippen LogP contribution in [0.4, 0.5) is 16.2 Å². The number of imide groups is 1. The number of rotatable bonds is 11. The molecule has 1 aliphatic heterocycles. The van der Waals surface area contributed by atoms with Gasteiger partial charge in [0, 0.05) is 18.4 Å². The van der Waals surface area contributed by atoms with Crippen molar-refractivity contribution in [3.8, 4) is 5.75 Å². The van der Waals surface area contributed by atoms with Crippen LogP contribution in [0.3, 0.4) is 0 Å². The number of methoxy groups -OCH3 is 1. The Hall–Kier alpha value is -4.04. The quantitative estimate of drug-likeness (QED) is 0.294. The number of nitrogens with one attached hydrogen (secondary N) is 1. The monoisotopic (exact) mass is 545 g/mol. The molecule has 3 N–H and O–H groups in total. The van der Waals surface area contributed by atoms with Crippen molar-refractivity contribution in [1.82, 2.24) is 4.90 Å². The zero-order chi connectivity index (χ0) is 28.8. The third-order valence-electron chi connectivity index (χ3n) is 7.59. The van der Waals surface area contributed by atoms with Gasteiger partial charge in [-0.25, -0.2) is 9.69 Å². The van der Waals surface area contributed by atoms with Gasteiger partial charge in [0.2, 0.25) is 5.91 Å². The minimum absolute atomic E-state index is 0.214. The molecule has 0 aliphatic carbocycles. The van der Waals surface area contributed by atoms with Crippen molar-refractivity contribution in [2.75, 3.05) is 37.9 Å². The van der Waals surface area contributed by atoms with E-state index in [4.69, 9.17) is 19.9 Å². The molecular weight excluding hydrogens is 506 g/mol. The molecule has 1 saturated heterocycles. The summed E-state index contributed by atoms with van der Waals surface area (Å²) >= 11 is 0. The molecule has 3 aromatic carbocycles. The van der Waals surface area contributed by atoms with E-state index in [2.05, 4.69) is 17.4 Å². The summed E-state index contributed by atoms with van der Waals surface area (Å²) < 4.78 is 16.4. The second-order valence-electron chi connectivity index (χ2n) is 10.2. The largest absolute Gasteiger partial charge is 0.497 e. The lowest BCUT2D eigenvalue weighted by atomic mass is 9.78. The lowest BCUT2D eigenvalue weighted by Crippen LogP contribution is -2.38. The van der Waals surface area contributed by atoms with Gasteiger partial charge in [-0.05, 0) is 72.4 Å². The summed E-state index contributed by atoms with van der Waals surface area (Å²) in [6.45, 7) is 10.0. The first-order valence-electron chi connectivity index (χ1n) is 13.7. The third kappa shape index (κ3) is 6.23. The van der Waals surface area contributed by atoms with E-state index in [-0.39, 0.29) is 25.0 Å². The molecule has 40 heavy (non-hydrogen) atoms. The van der Waals surface area contributed by atoms with Crippen LogP contribution in [0.2, 0.25) is 0 Å². The standard InChI is InChI=1S/C32H39N3O5/c1-6-34-28-14-13-27(21(3)30(28)33)29(22(4)31(36)35-15-16-40-32(35)37)24-10-7-20(2)25(17-24)19-39-18-23-8-11-26(38-5)12-9-23/h7-14,17,22,29,34H,6,15-16,18-19,33H2,1-5H3. The van der Waals surface area contributed by atoms with E-state index < -0.39 is 12.0 Å². The lowest BCUT2D eigenvalue weighted by molar-refractivity contribution is -0.131. The highest BCUT2D eigenvalue weighted by Gasteiger charge is 2.37. The summed E-state index contributed by atoms with van der Waals surface area (Å²) in [5, 5.41) is 3.30. The molecule has 0 aromatic heterocycles. The van der Waals surface area contributed by atoms with E-state index in [9.17, 15) is 9.59 Å². The topological polar surface area (TPSA) is 103 Å². The summed E-state index contributed by atoms with van der Waals surface area (Å²) in [5.74, 6) is -0.331. The molecule has 2 unspecified atom stereocenters. The number of aryl methyl sites for hydroxylation is 1. The fourth-order valence-electron chi connectivity index (χ4n) is 5.19. The van der Waals surface area contributed by atoms with Crippen molar-refractivity contribution in [2.45, 2.75) is 46.8 Å².